The van der Waals surface area contributed by atoms with Gasteiger partial charge < -0.3 is 15.2 Å². The summed E-state index contributed by atoms with van der Waals surface area (Å²) < 4.78 is 1.65. The number of aryl methyl sites for hydroxylation is 2. The van der Waals surface area contributed by atoms with Crippen molar-refractivity contribution in [3.05, 3.63) is 81.5 Å². The molecule has 3 aromatic rings. The summed E-state index contributed by atoms with van der Waals surface area (Å²) in [4.78, 5) is 43.6. The van der Waals surface area contributed by atoms with Gasteiger partial charge in [0, 0.05) is 36.7 Å². The highest BCUT2D eigenvalue weighted by Crippen LogP contribution is 2.54. The Labute approximate surface area is 172 Å². The van der Waals surface area contributed by atoms with Gasteiger partial charge in [0.2, 0.25) is 5.91 Å². The Balaban J connectivity index is 1.67. The number of H-pyrrole nitrogens is 1. The maximum absolute atomic E-state index is 13.5. The Hall–Kier alpha value is -3.68. The van der Waals surface area contributed by atoms with Crippen molar-refractivity contribution in [2.24, 2.45) is 7.05 Å². The number of nitrogens with zero attached hydrogens (tertiary/aromatic N) is 3. The number of carbonyl (C=O) groups is 2. The summed E-state index contributed by atoms with van der Waals surface area (Å²) in [5.74, 6) is -0.523. The molecule has 1 spiro atoms. The molecule has 1 fully saturated rings. The molecule has 0 saturated carbocycles. The molecule has 2 aliphatic rings. The van der Waals surface area contributed by atoms with E-state index in [0.717, 1.165) is 16.8 Å². The number of anilines is 1. The van der Waals surface area contributed by atoms with E-state index in [2.05, 4.69) is 15.4 Å². The molecule has 0 aliphatic carbocycles. The Kier molecular flexibility index (Phi) is 3.92. The molecule has 4 heterocycles. The summed E-state index contributed by atoms with van der Waals surface area (Å²) in [6.45, 7) is 2.12. The third-order valence-corrected chi connectivity index (χ3v) is 6.17. The predicted molar refractivity (Wildman–Crippen MR) is 110 cm³/mol. The number of hydrogen-bond donors (Lipinski definition) is 2. The third-order valence-electron chi connectivity index (χ3n) is 6.17. The predicted octanol–water partition coefficient (Wildman–Crippen LogP) is 1.89. The van der Waals surface area contributed by atoms with E-state index in [1.807, 2.05) is 30.5 Å². The molecule has 2 atom stereocenters. The fourth-order valence-corrected chi connectivity index (χ4v) is 4.85. The number of carbonyl (C=O) groups excluding carboxylic acids is 2. The minimum Gasteiger partial charge on any atom is -0.330 e. The van der Waals surface area contributed by atoms with Crippen LogP contribution < -0.4 is 10.9 Å². The van der Waals surface area contributed by atoms with Crippen molar-refractivity contribution in [2.75, 3.05) is 11.9 Å². The normalized spacial score (nSPS) is 22.4. The second-order valence-electron chi connectivity index (χ2n) is 7.95. The lowest BCUT2D eigenvalue weighted by Crippen LogP contribution is -2.43. The Bertz CT molecular complexity index is 1240. The number of para-hydroxylation sites is 1. The van der Waals surface area contributed by atoms with Crippen LogP contribution in [0.3, 0.4) is 0 Å². The zero-order valence-electron chi connectivity index (χ0n) is 16.7. The molecule has 0 radical (unpaired) electrons. The first-order chi connectivity index (χ1) is 14.4. The first kappa shape index (κ1) is 18.4. The van der Waals surface area contributed by atoms with Gasteiger partial charge in [0.25, 0.3) is 11.5 Å². The maximum Gasteiger partial charge on any atom is 0.260 e. The van der Waals surface area contributed by atoms with Crippen LogP contribution in [-0.4, -0.2) is 38.0 Å². The zero-order chi connectivity index (χ0) is 21.0. The molecule has 5 rings (SSSR count). The number of likely N-dealkylation sites (tertiary alicyclic amines) is 1. The monoisotopic (exact) mass is 403 g/mol. The second kappa shape index (κ2) is 6.41. The smallest absolute Gasteiger partial charge is 0.260 e. The summed E-state index contributed by atoms with van der Waals surface area (Å²) in [6.07, 6.45) is 3.97. The first-order valence-corrected chi connectivity index (χ1v) is 9.82. The average Bonchev–Trinajstić information content (AvgIpc) is 3.39. The number of aromatic amines is 1. The van der Waals surface area contributed by atoms with Crippen molar-refractivity contribution in [1.82, 2.24) is 19.7 Å². The van der Waals surface area contributed by atoms with Crippen LogP contribution in [0.15, 0.2) is 53.6 Å². The highest BCUT2D eigenvalue weighted by Gasteiger charge is 2.59. The molecule has 0 bridgehead atoms. The van der Waals surface area contributed by atoms with Crippen LogP contribution in [0.2, 0.25) is 0 Å². The van der Waals surface area contributed by atoms with Crippen LogP contribution >= 0.6 is 0 Å². The van der Waals surface area contributed by atoms with Gasteiger partial charge in [-0.3, -0.25) is 19.1 Å². The first-order valence-electron chi connectivity index (χ1n) is 9.82. The van der Waals surface area contributed by atoms with Crippen LogP contribution in [-0.2, 0) is 17.3 Å². The summed E-state index contributed by atoms with van der Waals surface area (Å²) in [5, 5.41) is 7.25. The number of aromatic nitrogens is 3. The van der Waals surface area contributed by atoms with Gasteiger partial charge in [-0.25, -0.2) is 0 Å². The van der Waals surface area contributed by atoms with Gasteiger partial charge in [0.15, 0.2) is 0 Å². The molecule has 2 aliphatic heterocycles. The van der Waals surface area contributed by atoms with E-state index in [9.17, 15) is 14.4 Å². The zero-order valence-corrected chi connectivity index (χ0v) is 16.7. The standard InChI is InChI=1S/C22H21N5O3/c1-13-7-8-15(19(28)24-13)20(29)27-10-9-22(18(27)14-11-23-26(2)12-14)16-5-3-4-6-17(16)25-21(22)30/h3-8,11-12,18H,9-10H2,1-2H3,(H,24,28)(H,25,30). The van der Waals surface area contributed by atoms with Gasteiger partial charge >= 0.3 is 0 Å². The molecule has 8 heteroatoms. The SMILES string of the molecule is Cc1ccc(C(=O)N2CCC3(C(=O)Nc4ccccc43)C2c2cnn(C)c2)c(=O)[nH]1. The number of rotatable bonds is 2. The second-order valence-corrected chi connectivity index (χ2v) is 7.95. The number of nitrogens with one attached hydrogen (secondary N) is 2. The fourth-order valence-electron chi connectivity index (χ4n) is 4.85. The van der Waals surface area contributed by atoms with Crippen molar-refractivity contribution >= 4 is 17.5 Å². The molecule has 1 saturated heterocycles. The molecule has 2 amide bonds. The molecule has 2 unspecified atom stereocenters. The van der Waals surface area contributed by atoms with Crippen LogP contribution in [0.25, 0.3) is 0 Å². The van der Waals surface area contributed by atoms with E-state index < -0.39 is 17.0 Å². The number of pyridine rings is 1. The molecular weight excluding hydrogens is 382 g/mol. The lowest BCUT2D eigenvalue weighted by molar-refractivity contribution is -0.121. The van der Waals surface area contributed by atoms with Gasteiger partial charge in [0.1, 0.15) is 11.0 Å². The van der Waals surface area contributed by atoms with Crippen molar-refractivity contribution in [3.63, 3.8) is 0 Å². The Morgan fingerprint density at radius 3 is 2.73 bits per heavy atom. The van der Waals surface area contributed by atoms with E-state index in [1.54, 1.807) is 41.9 Å². The molecule has 2 N–H and O–H groups in total. The molecule has 2 aromatic heterocycles. The van der Waals surface area contributed by atoms with Crippen molar-refractivity contribution < 1.29 is 9.59 Å². The van der Waals surface area contributed by atoms with Crippen molar-refractivity contribution in [1.29, 1.82) is 0 Å². The summed E-state index contributed by atoms with van der Waals surface area (Å²) in [7, 11) is 1.80. The van der Waals surface area contributed by atoms with E-state index in [1.165, 1.54) is 0 Å². The minimum atomic E-state index is -0.924. The highest BCUT2D eigenvalue weighted by molar-refractivity contribution is 6.08. The Morgan fingerprint density at radius 1 is 1.20 bits per heavy atom. The molecule has 1 aromatic carbocycles. The lowest BCUT2D eigenvalue weighted by atomic mass is 9.73. The molecule has 30 heavy (non-hydrogen) atoms. The molecular formula is C22H21N5O3. The highest BCUT2D eigenvalue weighted by atomic mass is 16.2. The molecule has 152 valence electrons. The van der Waals surface area contributed by atoms with Crippen LogP contribution in [0.4, 0.5) is 5.69 Å². The van der Waals surface area contributed by atoms with Crippen LogP contribution in [0.5, 0.6) is 0 Å². The van der Waals surface area contributed by atoms with E-state index in [4.69, 9.17) is 0 Å². The Morgan fingerprint density at radius 2 is 2.00 bits per heavy atom. The third kappa shape index (κ3) is 2.46. The van der Waals surface area contributed by atoms with E-state index in [0.29, 0.717) is 18.7 Å². The maximum atomic E-state index is 13.5. The van der Waals surface area contributed by atoms with Gasteiger partial charge in [-0.15, -0.1) is 0 Å². The summed E-state index contributed by atoms with van der Waals surface area (Å²) >= 11 is 0. The van der Waals surface area contributed by atoms with Gasteiger partial charge in [-0.2, -0.15) is 5.10 Å². The number of amides is 2. The lowest BCUT2D eigenvalue weighted by Gasteiger charge is -2.33. The van der Waals surface area contributed by atoms with Gasteiger partial charge in [0.05, 0.1) is 12.2 Å². The average molecular weight is 403 g/mol. The van der Waals surface area contributed by atoms with Crippen molar-refractivity contribution in [3.8, 4) is 0 Å². The number of fused-ring (bicyclic) bond motifs is 2. The van der Waals surface area contributed by atoms with Gasteiger partial charge in [-0.05, 0) is 37.1 Å². The number of benzene rings is 1. The summed E-state index contributed by atoms with van der Waals surface area (Å²) in [5.41, 5.74) is 1.80. The van der Waals surface area contributed by atoms with Crippen LogP contribution in [0, 0.1) is 6.92 Å². The van der Waals surface area contributed by atoms with Crippen LogP contribution in [0.1, 0.15) is 39.6 Å². The van der Waals surface area contributed by atoms with Crippen molar-refractivity contribution in [2.45, 2.75) is 24.8 Å². The number of hydrogen-bond acceptors (Lipinski definition) is 4. The topological polar surface area (TPSA) is 100 Å². The minimum absolute atomic E-state index is 0.0678. The largest absolute Gasteiger partial charge is 0.330 e. The van der Waals surface area contributed by atoms with E-state index in [-0.39, 0.29) is 17.4 Å². The molecule has 8 nitrogen and oxygen atoms in total. The fraction of sp³-hybridized carbons (Fsp3) is 0.273. The van der Waals surface area contributed by atoms with E-state index >= 15 is 0 Å². The quantitative estimate of drug-likeness (QED) is 0.682. The van der Waals surface area contributed by atoms with Gasteiger partial charge in [-0.1, -0.05) is 18.2 Å². The summed E-state index contributed by atoms with van der Waals surface area (Å²) in [6, 6.07) is 10.3.